The Morgan fingerprint density at radius 2 is 0.897 bits per heavy atom. The number of rotatable bonds is 7. The minimum Gasteiger partial charge on any atom is -0.508 e. The van der Waals surface area contributed by atoms with Crippen molar-refractivity contribution < 1.29 is 15.3 Å². The van der Waals surface area contributed by atoms with Crippen molar-refractivity contribution in [3.05, 3.63) is 87.5 Å². The van der Waals surface area contributed by atoms with Crippen molar-refractivity contribution in [1.29, 1.82) is 0 Å². The molecule has 0 bridgehead atoms. The maximum Gasteiger partial charge on any atom is 0.122 e. The first-order chi connectivity index (χ1) is 13.9. The summed E-state index contributed by atoms with van der Waals surface area (Å²) in [7, 11) is 0. The van der Waals surface area contributed by atoms with E-state index >= 15 is 0 Å². The zero-order valence-electron chi connectivity index (χ0n) is 17.5. The average molecular weight is 391 g/mol. The molecule has 0 aliphatic heterocycles. The Hall–Kier alpha value is -2.94. The smallest absolute Gasteiger partial charge is 0.122 e. The van der Waals surface area contributed by atoms with Gasteiger partial charge in [-0.05, 0) is 70.3 Å². The van der Waals surface area contributed by atoms with Gasteiger partial charge in [0.2, 0.25) is 0 Å². The first kappa shape index (κ1) is 20.8. The standard InChI is InChI=1S/C26H30O3/c1-4-17-7-9-24(27)20(11-17)15-22-13-19(6-3)14-23(26(22)29)16-21-12-18(5-2)8-10-25(21)28/h7-14,27-29H,4-6,15-16H2,1-3H3. The van der Waals surface area contributed by atoms with E-state index in [1.165, 1.54) is 0 Å². The minimum atomic E-state index is 0.241. The molecule has 29 heavy (non-hydrogen) atoms. The fourth-order valence-electron chi connectivity index (χ4n) is 3.72. The van der Waals surface area contributed by atoms with Gasteiger partial charge in [0.05, 0.1) is 0 Å². The van der Waals surface area contributed by atoms with Crippen LogP contribution in [-0.4, -0.2) is 15.3 Å². The normalized spacial score (nSPS) is 11.0. The van der Waals surface area contributed by atoms with E-state index in [2.05, 4.69) is 20.8 Å². The molecular weight excluding hydrogens is 360 g/mol. The van der Waals surface area contributed by atoms with E-state index in [4.69, 9.17) is 0 Å². The number of aryl methyl sites for hydroxylation is 3. The Morgan fingerprint density at radius 3 is 1.28 bits per heavy atom. The highest BCUT2D eigenvalue weighted by Crippen LogP contribution is 2.33. The van der Waals surface area contributed by atoms with Crippen molar-refractivity contribution in [2.45, 2.75) is 52.9 Å². The SMILES string of the molecule is CCc1ccc(O)c(Cc2cc(CC)cc(Cc3cc(CC)ccc3O)c2O)c1. The number of benzene rings is 3. The number of hydrogen-bond donors (Lipinski definition) is 3. The van der Waals surface area contributed by atoms with Gasteiger partial charge in [-0.15, -0.1) is 0 Å². The summed E-state index contributed by atoms with van der Waals surface area (Å²) in [6, 6.07) is 15.3. The molecule has 3 rings (SSSR count). The molecule has 3 nitrogen and oxygen atoms in total. The number of hydrogen-bond acceptors (Lipinski definition) is 3. The van der Waals surface area contributed by atoms with Gasteiger partial charge in [0.1, 0.15) is 17.2 Å². The zero-order valence-corrected chi connectivity index (χ0v) is 17.5. The van der Waals surface area contributed by atoms with Gasteiger partial charge in [-0.2, -0.15) is 0 Å². The van der Waals surface area contributed by atoms with Crippen molar-refractivity contribution in [3.63, 3.8) is 0 Å². The van der Waals surface area contributed by atoms with Crippen LogP contribution in [0.15, 0.2) is 48.5 Å². The third-order valence-electron chi connectivity index (χ3n) is 5.60. The van der Waals surface area contributed by atoms with E-state index < -0.39 is 0 Å². The van der Waals surface area contributed by atoms with Gasteiger partial charge in [0.15, 0.2) is 0 Å². The van der Waals surface area contributed by atoms with Crippen molar-refractivity contribution >= 4 is 0 Å². The molecule has 0 saturated heterocycles. The number of aromatic hydroxyl groups is 3. The molecule has 0 aliphatic rings. The Bertz CT molecular complexity index is 928. The van der Waals surface area contributed by atoms with Crippen LogP contribution in [-0.2, 0) is 32.1 Å². The second-order valence-corrected chi connectivity index (χ2v) is 7.60. The van der Waals surface area contributed by atoms with E-state index in [0.717, 1.165) is 58.2 Å². The molecule has 0 radical (unpaired) electrons. The molecule has 0 atom stereocenters. The second-order valence-electron chi connectivity index (χ2n) is 7.60. The molecule has 0 aliphatic carbocycles. The van der Waals surface area contributed by atoms with E-state index in [-0.39, 0.29) is 17.2 Å². The summed E-state index contributed by atoms with van der Waals surface area (Å²) in [5.74, 6) is 0.737. The maximum absolute atomic E-state index is 11.0. The van der Waals surface area contributed by atoms with Crippen LogP contribution >= 0.6 is 0 Å². The zero-order chi connectivity index (χ0) is 21.0. The largest absolute Gasteiger partial charge is 0.508 e. The fraction of sp³-hybridized carbons (Fsp3) is 0.308. The van der Waals surface area contributed by atoms with E-state index in [1.807, 2.05) is 36.4 Å². The van der Waals surface area contributed by atoms with Crippen LogP contribution in [0.25, 0.3) is 0 Å². The fourth-order valence-corrected chi connectivity index (χ4v) is 3.72. The van der Waals surface area contributed by atoms with E-state index in [9.17, 15) is 15.3 Å². The molecule has 3 aromatic carbocycles. The predicted octanol–water partition coefficient (Wildman–Crippen LogP) is 5.67. The molecule has 0 unspecified atom stereocenters. The molecule has 0 fully saturated rings. The van der Waals surface area contributed by atoms with Crippen LogP contribution in [0.3, 0.4) is 0 Å². The quantitative estimate of drug-likeness (QED) is 0.487. The lowest BCUT2D eigenvalue weighted by molar-refractivity contribution is 0.456. The van der Waals surface area contributed by atoms with Crippen LogP contribution in [0.2, 0.25) is 0 Å². The summed E-state index contributed by atoms with van der Waals surface area (Å²) in [5, 5.41) is 31.6. The van der Waals surface area contributed by atoms with Crippen molar-refractivity contribution in [2.24, 2.45) is 0 Å². The summed E-state index contributed by atoms with van der Waals surface area (Å²) in [5.41, 5.74) is 6.67. The molecule has 0 amide bonds. The van der Waals surface area contributed by atoms with Gasteiger partial charge in [0, 0.05) is 12.8 Å². The third-order valence-corrected chi connectivity index (χ3v) is 5.60. The van der Waals surface area contributed by atoms with Crippen molar-refractivity contribution in [3.8, 4) is 17.2 Å². The average Bonchev–Trinajstić information content (AvgIpc) is 2.73. The van der Waals surface area contributed by atoms with Gasteiger partial charge < -0.3 is 15.3 Å². The second kappa shape index (κ2) is 9.04. The number of phenols is 3. The highest BCUT2D eigenvalue weighted by molar-refractivity contribution is 5.51. The lowest BCUT2D eigenvalue weighted by Gasteiger charge is -2.15. The molecule has 3 aromatic rings. The van der Waals surface area contributed by atoms with Crippen LogP contribution in [0.4, 0.5) is 0 Å². The summed E-state index contributed by atoms with van der Waals surface area (Å²) < 4.78 is 0. The molecule has 3 heteroatoms. The molecule has 152 valence electrons. The Labute approximate surface area is 173 Å². The van der Waals surface area contributed by atoms with Gasteiger partial charge in [-0.3, -0.25) is 0 Å². The van der Waals surface area contributed by atoms with Crippen LogP contribution in [0, 0.1) is 0 Å². The first-order valence-corrected chi connectivity index (χ1v) is 10.4. The molecule has 0 heterocycles. The third kappa shape index (κ3) is 4.73. The summed E-state index contributed by atoms with van der Waals surface area (Å²) in [6.45, 7) is 6.25. The number of phenolic OH excluding ortho intramolecular Hbond substituents is 3. The van der Waals surface area contributed by atoms with Crippen LogP contribution < -0.4 is 0 Å². The van der Waals surface area contributed by atoms with E-state index in [1.54, 1.807) is 12.1 Å². The topological polar surface area (TPSA) is 60.7 Å². The molecular formula is C26H30O3. The van der Waals surface area contributed by atoms with Crippen LogP contribution in [0.5, 0.6) is 17.2 Å². The predicted molar refractivity (Wildman–Crippen MR) is 118 cm³/mol. The Balaban J connectivity index is 2.00. The Kier molecular flexibility index (Phi) is 6.48. The summed E-state index contributed by atoms with van der Waals surface area (Å²) in [4.78, 5) is 0. The van der Waals surface area contributed by atoms with Crippen LogP contribution in [0.1, 0.15) is 59.7 Å². The minimum absolute atomic E-state index is 0.241. The Morgan fingerprint density at radius 1 is 0.517 bits per heavy atom. The van der Waals surface area contributed by atoms with Gasteiger partial charge >= 0.3 is 0 Å². The lowest BCUT2D eigenvalue weighted by atomic mass is 9.92. The van der Waals surface area contributed by atoms with Crippen molar-refractivity contribution in [1.82, 2.24) is 0 Å². The first-order valence-electron chi connectivity index (χ1n) is 10.4. The van der Waals surface area contributed by atoms with E-state index in [0.29, 0.717) is 12.8 Å². The summed E-state index contributed by atoms with van der Waals surface area (Å²) in [6.07, 6.45) is 3.57. The maximum atomic E-state index is 11.0. The van der Waals surface area contributed by atoms with Gasteiger partial charge in [0.25, 0.3) is 0 Å². The molecule has 0 saturated carbocycles. The molecule has 3 N–H and O–H groups in total. The molecule has 0 spiro atoms. The van der Waals surface area contributed by atoms with Gasteiger partial charge in [-0.1, -0.05) is 57.2 Å². The molecule has 0 aromatic heterocycles. The highest BCUT2D eigenvalue weighted by Gasteiger charge is 2.15. The summed E-state index contributed by atoms with van der Waals surface area (Å²) >= 11 is 0. The monoisotopic (exact) mass is 390 g/mol. The van der Waals surface area contributed by atoms with Crippen molar-refractivity contribution in [2.75, 3.05) is 0 Å². The highest BCUT2D eigenvalue weighted by atomic mass is 16.3. The van der Waals surface area contributed by atoms with Gasteiger partial charge in [-0.25, -0.2) is 0 Å². The lowest BCUT2D eigenvalue weighted by Crippen LogP contribution is -1.99.